The van der Waals surface area contributed by atoms with Crippen LogP contribution in [-0.2, 0) is 19.1 Å². The molecule has 0 aromatic heterocycles. The molecule has 2 heterocycles. The highest BCUT2D eigenvalue weighted by molar-refractivity contribution is 6.15. The van der Waals surface area contributed by atoms with Crippen molar-refractivity contribution in [1.29, 1.82) is 0 Å². The SMILES string of the molecule is C=C1c2cccc(NCCOCCOCCC)c2C(=O)N1C1CCC(=O)NC1=O. The molecule has 8 heteroatoms. The van der Waals surface area contributed by atoms with Crippen molar-refractivity contribution in [2.45, 2.75) is 32.2 Å². The zero-order valence-electron chi connectivity index (χ0n) is 16.7. The molecule has 0 radical (unpaired) electrons. The Morgan fingerprint density at radius 3 is 2.66 bits per heavy atom. The number of hydrogen-bond acceptors (Lipinski definition) is 6. The summed E-state index contributed by atoms with van der Waals surface area (Å²) in [7, 11) is 0. The number of rotatable bonds is 10. The van der Waals surface area contributed by atoms with Crippen LogP contribution >= 0.6 is 0 Å². The molecule has 8 nitrogen and oxygen atoms in total. The Kier molecular flexibility index (Phi) is 7.00. The van der Waals surface area contributed by atoms with Gasteiger partial charge in [0.05, 0.1) is 25.4 Å². The lowest BCUT2D eigenvalue weighted by molar-refractivity contribution is -0.136. The maximum atomic E-state index is 13.1. The summed E-state index contributed by atoms with van der Waals surface area (Å²) in [4.78, 5) is 38.2. The van der Waals surface area contributed by atoms with Crippen LogP contribution in [0.1, 0.15) is 42.1 Å². The number of anilines is 1. The number of imide groups is 1. The maximum absolute atomic E-state index is 13.1. The van der Waals surface area contributed by atoms with Crippen molar-refractivity contribution in [2.24, 2.45) is 0 Å². The summed E-state index contributed by atoms with van der Waals surface area (Å²) in [6.07, 6.45) is 1.48. The number of amides is 3. The summed E-state index contributed by atoms with van der Waals surface area (Å²) < 4.78 is 10.9. The fourth-order valence-corrected chi connectivity index (χ4v) is 3.53. The number of fused-ring (bicyclic) bond motifs is 1. The Morgan fingerprint density at radius 1 is 1.17 bits per heavy atom. The van der Waals surface area contributed by atoms with Gasteiger partial charge in [-0.2, -0.15) is 0 Å². The summed E-state index contributed by atoms with van der Waals surface area (Å²) in [6, 6.07) is 4.75. The number of nitrogens with zero attached hydrogens (tertiary/aromatic N) is 1. The van der Waals surface area contributed by atoms with Gasteiger partial charge >= 0.3 is 0 Å². The standard InChI is InChI=1S/C21H27N3O5/c1-3-10-28-12-13-29-11-9-22-16-6-4-5-15-14(2)24(21(27)19(15)16)17-7-8-18(25)23-20(17)26/h4-6,17,22H,2-3,7-13H2,1H3,(H,23,25,26). The Balaban J connectivity index is 1.61. The molecule has 2 N–H and O–H groups in total. The van der Waals surface area contributed by atoms with E-state index in [1.807, 2.05) is 18.2 Å². The average Bonchev–Trinajstić information content (AvgIpc) is 2.95. The molecule has 0 aliphatic carbocycles. The minimum absolute atomic E-state index is 0.203. The first-order valence-corrected chi connectivity index (χ1v) is 9.93. The number of carbonyl (C=O) groups is 3. The Hall–Kier alpha value is -2.71. The van der Waals surface area contributed by atoms with E-state index in [0.29, 0.717) is 55.3 Å². The fourth-order valence-electron chi connectivity index (χ4n) is 3.53. The van der Waals surface area contributed by atoms with Gasteiger partial charge in [-0.25, -0.2) is 0 Å². The second kappa shape index (κ2) is 9.67. The molecule has 156 valence electrons. The van der Waals surface area contributed by atoms with Gasteiger partial charge in [0.2, 0.25) is 11.8 Å². The third-order valence-electron chi connectivity index (χ3n) is 4.90. The van der Waals surface area contributed by atoms with E-state index < -0.39 is 11.9 Å². The molecule has 0 spiro atoms. The Bertz CT molecular complexity index is 808. The Labute approximate surface area is 170 Å². The maximum Gasteiger partial charge on any atom is 0.261 e. The first-order valence-electron chi connectivity index (χ1n) is 9.93. The van der Waals surface area contributed by atoms with Crippen LogP contribution in [0.5, 0.6) is 0 Å². The largest absolute Gasteiger partial charge is 0.382 e. The predicted molar refractivity (Wildman–Crippen MR) is 108 cm³/mol. The van der Waals surface area contributed by atoms with Gasteiger partial charge in [0.25, 0.3) is 5.91 Å². The summed E-state index contributed by atoms with van der Waals surface area (Å²) >= 11 is 0. The minimum Gasteiger partial charge on any atom is -0.382 e. The van der Waals surface area contributed by atoms with E-state index in [1.165, 1.54) is 4.90 Å². The summed E-state index contributed by atoms with van der Waals surface area (Å²) in [5.41, 5.74) is 2.34. The number of hydrogen-bond donors (Lipinski definition) is 2. The quantitative estimate of drug-likeness (QED) is 0.458. The third-order valence-corrected chi connectivity index (χ3v) is 4.90. The van der Waals surface area contributed by atoms with Gasteiger partial charge < -0.3 is 14.8 Å². The number of benzene rings is 1. The molecule has 1 aromatic carbocycles. The molecule has 1 saturated heterocycles. The molecule has 1 aromatic rings. The molecule has 0 saturated carbocycles. The molecule has 1 unspecified atom stereocenters. The van der Waals surface area contributed by atoms with E-state index in [9.17, 15) is 14.4 Å². The average molecular weight is 401 g/mol. The second-order valence-corrected chi connectivity index (χ2v) is 6.97. The smallest absolute Gasteiger partial charge is 0.261 e. The van der Waals surface area contributed by atoms with Gasteiger partial charge in [-0.15, -0.1) is 0 Å². The van der Waals surface area contributed by atoms with Crippen LogP contribution in [0, 0.1) is 0 Å². The molecule has 2 aliphatic heterocycles. The lowest BCUT2D eigenvalue weighted by Gasteiger charge is -2.30. The summed E-state index contributed by atoms with van der Waals surface area (Å²) in [6.45, 7) is 8.89. The van der Waals surface area contributed by atoms with Gasteiger partial charge in [0, 0.05) is 36.5 Å². The van der Waals surface area contributed by atoms with Gasteiger partial charge in [0.15, 0.2) is 0 Å². The van der Waals surface area contributed by atoms with Gasteiger partial charge in [-0.1, -0.05) is 25.6 Å². The molecular weight excluding hydrogens is 374 g/mol. The highest BCUT2D eigenvalue weighted by atomic mass is 16.5. The molecule has 29 heavy (non-hydrogen) atoms. The highest BCUT2D eigenvalue weighted by Gasteiger charge is 2.42. The first-order chi connectivity index (χ1) is 14.0. The Morgan fingerprint density at radius 2 is 1.93 bits per heavy atom. The topological polar surface area (TPSA) is 97.0 Å². The van der Waals surface area contributed by atoms with E-state index in [2.05, 4.69) is 24.1 Å². The van der Waals surface area contributed by atoms with Crippen LogP contribution in [0.25, 0.3) is 5.70 Å². The van der Waals surface area contributed by atoms with Crippen molar-refractivity contribution in [1.82, 2.24) is 10.2 Å². The van der Waals surface area contributed by atoms with Crippen LogP contribution in [-0.4, -0.2) is 61.6 Å². The van der Waals surface area contributed by atoms with E-state index >= 15 is 0 Å². The van der Waals surface area contributed by atoms with Crippen LogP contribution < -0.4 is 10.6 Å². The second-order valence-electron chi connectivity index (χ2n) is 6.97. The van der Waals surface area contributed by atoms with Crippen molar-refractivity contribution in [2.75, 3.05) is 38.3 Å². The first kappa shape index (κ1) is 21.0. The number of piperidine rings is 1. The van der Waals surface area contributed by atoms with Crippen molar-refractivity contribution in [3.05, 3.63) is 35.9 Å². The number of carbonyl (C=O) groups excluding carboxylic acids is 3. The van der Waals surface area contributed by atoms with Crippen molar-refractivity contribution < 1.29 is 23.9 Å². The molecule has 3 rings (SSSR count). The normalized spacial score (nSPS) is 18.8. The minimum atomic E-state index is -0.723. The van der Waals surface area contributed by atoms with Crippen molar-refractivity contribution in [3.63, 3.8) is 0 Å². The molecular formula is C21H27N3O5. The van der Waals surface area contributed by atoms with Crippen molar-refractivity contribution >= 4 is 29.1 Å². The number of ether oxygens (including phenoxy) is 2. The van der Waals surface area contributed by atoms with Gasteiger partial charge in [0.1, 0.15) is 6.04 Å². The number of nitrogens with one attached hydrogen (secondary N) is 2. The third kappa shape index (κ3) is 4.65. The van der Waals surface area contributed by atoms with E-state index in [4.69, 9.17) is 9.47 Å². The van der Waals surface area contributed by atoms with Crippen molar-refractivity contribution in [3.8, 4) is 0 Å². The zero-order chi connectivity index (χ0) is 20.8. The molecule has 0 bridgehead atoms. The molecule has 1 atom stereocenters. The van der Waals surface area contributed by atoms with Crippen LogP contribution in [0.2, 0.25) is 0 Å². The highest BCUT2D eigenvalue weighted by Crippen LogP contribution is 2.38. The molecule has 2 aliphatic rings. The summed E-state index contributed by atoms with van der Waals surface area (Å²) in [5, 5.41) is 5.53. The van der Waals surface area contributed by atoms with E-state index in [1.54, 1.807) is 0 Å². The predicted octanol–water partition coefficient (Wildman–Crippen LogP) is 1.77. The van der Waals surface area contributed by atoms with Gasteiger partial charge in [-0.05, 0) is 18.9 Å². The van der Waals surface area contributed by atoms with Crippen LogP contribution in [0.15, 0.2) is 24.8 Å². The lowest BCUT2D eigenvalue weighted by atomic mass is 10.0. The van der Waals surface area contributed by atoms with Crippen LogP contribution in [0.3, 0.4) is 0 Å². The zero-order valence-corrected chi connectivity index (χ0v) is 16.7. The van der Waals surface area contributed by atoms with Gasteiger partial charge in [-0.3, -0.25) is 24.6 Å². The summed E-state index contributed by atoms with van der Waals surface area (Å²) in [5.74, 6) is -1.06. The molecule has 3 amide bonds. The van der Waals surface area contributed by atoms with E-state index in [0.717, 1.165) is 13.0 Å². The van der Waals surface area contributed by atoms with E-state index in [-0.39, 0.29) is 18.2 Å². The van der Waals surface area contributed by atoms with Crippen LogP contribution in [0.4, 0.5) is 5.69 Å². The lowest BCUT2D eigenvalue weighted by Crippen LogP contribution is -2.52. The molecule has 1 fully saturated rings. The fraction of sp³-hybridized carbons (Fsp3) is 0.476. The monoisotopic (exact) mass is 401 g/mol.